The molecule has 0 aliphatic heterocycles. The van der Waals surface area contributed by atoms with Crippen LogP contribution in [-0.2, 0) is 6.18 Å². The summed E-state index contributed by atoms with van der Waals surface area (Å²) < 4.78 is 36.7. The maximum absolute atomic E-state index is 12.2. The highest BCUT2D eigenvalue weighted by molar-refractivity contribution is 7.80. The molecular weight excluding hydrogens is 255 g/mol. The second-order valence-corrected chi connectivity index (χ2v) is 3.94. The van der Waals surface area contributed by atoms with E-state index in [1.165, 1.54) is 0 Å². The Balaban J connectivity index is 2.80. The van der Waals surface area contributed by atoms with Crippen LogP contribution in [0.5, 0.6) is 0 Å². The minimum absolute atomic E-state index is 0.00674. The third-order valence-electron chi connectivity index (χ3n) is 2.21. The highest BCUT2D eigenvalue weighted by Gasteiger charge is 2.31. The van der Waals surface area contributed by atoms with Gasteiger partial charge in [0.25, 0.3) is 0 Å². The van der Waals surface area contributed by atoms with Crippen LogP contribution >= 0.6 is 12.6 Å². The Hall–Kier alpha value is -0.790. The minimum Gasteiger partial charge on any atom is -0.390 e. The molecule has 3 nitrogen and oxygen atoms in total. The summed E-state index contributed by atoms with van der Waals surface area (Å²) in [5, 5.41) is 19.0. The highest BCUT2D eigenvalue weighted by atomic mass is 32.1. The molecule has 0 fully saturated rings. The number of hydrogen-bond acceptors (Lipinski definition) is 4. The van der Waals surface area contributed by atoms with Crippen LogP contribution in [0.15, 0.2) is 18.3 Å². The van der Waals surface area contributed by atoms with Crippen LogP contribution in [0.3, 0.4) is 0 Å². The zero-order chi connectivity index (χ0) is 13.1. The Kier molecular flexibility index (Phi) is 4.79. The Labute approximate surface area is 102 Å². The smallest absolute Gasteiger partial charge is 0.390 e. The van der Waals surface area contributed by atoms with E-state index in [9.17, 15) is 23.4 Å². The van der Waals surface area contributed by atoms with Gasteiger partial charge in [0.05, 0.1) is 17.4 Å². The van der Waals surface area contributed by atoms with Crippen LogP contribution in [0.4, 0.5) is 13.2 Å². The fourth-order valence-electron chi connectivity index (χ4n) is 1.24. The average molecular weight is 267 g/mol. The van der Waals surface area contributed by atoms with Crippen LogP contribution in [0, 0.1) is 0 Å². The Morgan fingerprint density at radius 2 is 1.94 bits per heavy atom. The summed E-state index contributed by atoms with van der Waals surface area (Å²) >= 11 is 3.88. The van der Waals surface area contributed by atoms with Crippen molar-refractivity contribution in [2.24, 2.45) is 0 Å². The molecule has 1 heterocycles. The Morgan fingerprint density at radius 1 is 1.29 bits per heavy atom. The van der Waals surface area contributed by atoms with E-state index in [1.54, 1.807) is 0 Å². The van der Waals surface area contributed by atoms with Crippen molar-refractivity contribution >= 4 is 12.6 Å². The molecule has 0 bridgehead atoms. The van der Waals surface area contributed by atoms with Crippen LogP contribution in [0.1, 0.15) is 23.8 Å². The first-order valence-corrected chi connectivity index (χ1v) is 5.49. The fourth-order valence-corrected chi connectivity index (χ4v) is 1.50. The third-order valence-corrected chi connectivity index (χ3v) is 2.46. The molecule has 7 heteroatoms. The number of pyridine rings is 1. The number of hydrogen-bond donors (Lipinski definition) is 3. The van der Waals surface area contributed by atoms with Gasteiger partial charge in [0.15, 0.2) is 0 Å². The zero-order valence-electron chi connectivity index (χ0n) is 8.72. The molecule has 96 valence electrons. The minimum atomic E-state index is -4.46. The normalized spacial score (nSPS) is 15.6. The molecule has 0 saturated carbocycles. The Morgan fingerprint density at radius 3 is 2.35 bits per heavy atom. The van der Waals surface area contributed by atoms with Gasteiger partial charge in [-0.1, -0.05) is 0 Å². The Bertz CT molecular complexity index is 356. The van der Waals surface area contributed by atoms with Gasteiger partial charge in [-0.05, 0) is 24.3 Å². The molecule has 0 saturated heterocycles. The lowest BCUT2D eigenvalue weighted by Gasteiger charge is -2.16. The van der Waals surface area contributed by atoms with Gasteiger partial charge < -0.3 is 10.2 Å². The van der Waals surface area contributed by atoms with Crippen LogP contribution in [0.2, 0.25) is 0 Å². The first kappa shape index (κ1) is 14.3. The molecule has 1 aromatic heterocycles. The number of rotatable bonds is 4. The second kappa shape index (κ2) is 5.70. The van der Waals surface area contributed by atoms with E-state index < -0.39 is 23.9 Å². The summed E-state index contributed by atoms with van der Waals surface area (Å²) in [6.45, 7) is 0. The van der Waals surface area contributed by atoms with Crippen molar-refractivity contribution in [2.75, 3.05) is 5.75 Å². The molecule has 0 spiro atoms. The van der Waals surface area contributed by atoms with E-state index in [2.05, 4.69) is 17.6 Å². The van der Waals surface area contributed by atoms with E-state index in [-0.39, 0.29) is 12.1 Å². The summed E-state index contributed by atoms with van der Waals surface area (Å²) in [6, 6.07) is 1.87. The van der Waals surface area contributed by atoms with Crippen molar-refractivity contribution < 1.29 is 23.4 Å². The lowest BCUT2D eigenvalue weighted by molar-refractivity contribution is -0.137. The number of aliphatic hydroxyl groups excluding tert-OH is 2. The molecule has 0 amide bonds. The van der Waals surface area contributed by atoms with Crippen molar-refractivity contribution in [3.05, 3.63) is 29.6 Å². The predicted octanol–water partition coefficient (Wildman–Crippen LogP) is 1.81. The number of aromatic nitrogens is 1. The van der Waals surface area contributed by atoms with Crippen LogP contribution < -0.4 is 0 Å². The number of thiol groups is 1. The highest BCUT2D eigenvalue weighted by Crippen LogP contribution is 2.29. The lowest BCUT2D eigenvalue weighted by Crippen LogP contribution is -2.20. The van der Waals surface area contributed by atoms with Gasteiger partial charge in [-0.15, -0.1) is 0 Å². The second-order valence-electron chi connectivity index (χ2n) is 3.49. The van der Waals surface area contributed by atoms with Crippen molar-refractivity contribution in [3.63, 3.8) is 0 Å². The van der Waals surface area contributed by atoms with Gasteiger partial charge >= 0.3 is 6.18 Å². The van der Waals surface area contributed by atoms with Crippen molar-refractivity contribution in [2.45, 2.75) is 24.8 Å². The first-order valence-electron chi connectivity index (χ1n) is 4.86. The van der Waals surface area contributed by atoms with Crippen molar-refractivity contribution in [3.8, 4) is 0 Å². The van der Waals surface area contributed by atoms with E-state index in [0.717, 1.165) is 12.1 Å². The average Bonchev–Trinajstić information content (AvgIpc) is 2.27. The quantitative estimate of drug-likeness (QED) is 0.729. The molecule has 1 aromatic rings. The van der Waals surface area contributed by atoms with Gasteiger partial charge in [-0.25, -0.2) is 0 Å². The van der Waals surface area contributed by atoms with E-state index >= 15 is 0 Å². The van der Waals surface area contributed by atoms with Crippen molar-refractivity contribution in [1.29, 1.82) is 0 Å². The number of halogens is 3. The molecule has 0 aliphatic carbocycles. The summed E-state index contributed by atoms with van der Waals surface area (Å²) in [5.74, 6) is 0.360. The molecule has 2 unspecified atom stereocenters. The lowest BCUT2D eigenvalue weighted by atomic mass is 10.1. The third kappa shape index (κ3) is 3.86. The molecule has 1 rings (SSSR count). The van der Waals surface area contributed by atoms with Gasteiger partial charge in [0.2, 0.25) is 0 Å². The predicted molar refractivity (Wildman–Crippen MR) is 58.7 cm³/mol. The molecular formula is C10H12F3NO2S. The molecule has 0 radical (unpaired) electrons. The van der Waals surface area contributed by atoms with E-state index in [0.29, 0.717) is 11.9 Å². The molecule has 0 aromatic carbocycles. The zero-order valence-corrected chi connectivity index (χ0v) is 9.62. The number of alkyl halides is 3. The standard InChI is InChI=1S/C10H12F3NO2S/c11-10(12,13)6-1-2-7(14-5-6)9(16)8(15)3-4-17/h1-2,5,8-9,15-17H,3-4H2. The summed E-state index contributed by atoms with van der Waals surface area (Å²) in [7, 11) is 0. The van der Waals surface area contributed by atoms with Crippen molar-refractivity contribution in [1.82, 2.24) is 4.98 Å². The van der Waals surface area contributed by atoms with Gasteiger partial charge in [0, 0.05) is 6.20 Å². The molecule has 17 heavy (non-hydrogen) atoms. The summed E-state index contributed by atoms with van der Waals surface area (Å²) in [6.07, 6.45) is -5.99. The van der Waals surface area contributed by atoms with Crippen LogP contribution in [0.25, 0.3) is 0 Å². The van der Waals surface area contributed by atoms with Gasteiger partial charge in [-0.3, -0.25) is 4.98 Å². The molecule has 2 N–H and O–H groups in total. The summed E-state index contributed by atoms with van der Waals surface area (Å²) in [4.78, 5) is 3.49. The SMILES string of the molecule is OC(CCS)C(O)c1ccc(C(F)(F)F)cn1. The fraction of sp³-hybridized carbons (Fsp3) is 0.500. The molecule has 2 atom stereocenters. The van der Waals surface area contributed by atoms with Crippen LogP contribution in [-0.4, -0.2) is 27.1 Å². The largest absolute Gasteiger partial charge is 0.417 e. The van der Waals surface area contributed by atoms with Gasteiger partial charge in [-0.2, -0.15) is 25.8 Å². The maximum Gasteiger partial charge on any atom is 0.417 e. The first-order chi connectivity index (χ1) is 7.86. The van der Waals surface area contributed by atoms with E-state index in [4.69, 9.17) is 0 Å². The summed E-state index contributed by atoms with van der Waals surface area (Å²) in [5.41, 5.74) is -0.885. The number of aliphatic hydroxyl groups is 2. The number of nitrogens with zero attached hydrogens (tertiary/aromatic N) is 1. The monoisotopic (exact) mass is 267 g/mol. The van der Waals surface area contributed by atoms with E-state index in [1.807, 2.05) is 0 Å². The topological polar surface area (TPSA) is 53.4 Å². The maximum atomic E-state index is 12.2. The van der Waals surface area contributed by atoms with Gasteiger partial charge in [0.1, 0.15) is 6.10 Å². The molecule has 0 aliphatic rings.